The Bertz CT molecular complexity index is 374. The van der Waals surface area contributed by atoms with Gasteiger partial charge in [0.2, 0.25) is 0 Å². The van der Waals surface area contributed by atoms with Crippen molar-refractivity contribution in [3.63, 3.8) is 0 Å². The van der Waals surface area contributed by atoms with Crippen molar-refractivity contribution in [3.8, 4) is 0 Å². The van der Waals surface area contributed by atoms with E-state index in [9.17, 15) is 9.90 Å². The lowest BCUT2D eigenvalue weighted by molar-refractivity contribution is -0.120. The van der Waals surface area contributed by atoms with Gasteiger partial charge < -0.3 is 10.1 Å². The zero-order valence-electron chi connectivity index (χ0n) is 11.0. The maximum absolute atomic E-state index is 11.7. The molecule has 1 aromatic rings. The predicted octanol–water partition coefficient (Wildman–Crippen LogP) is 1.39. The molecule has 1 aromatic heterocycles. The fourth-order valence-corrected chi connectivity index (χ4v) is 1.93. The lowest BCUT2D eigenvalue weighted by Crippen LogP contribution is -2.26. The standard InChI is InChI=1S/C13H21N3O2/c1-3-4-12(17)6-10(13(18)8-14-2)5-11-7-15-9-16-11/h7-10,13,18H,3-6H2,1-2H3,(H,15,16)/b14-8+. The second-order valence-electron chi connectivity index (χ2n) is 4.42. The van der Waals surface area contributed by atoms with Gasteiger partial charge in [-0.05, 0) is 12.8 Å². The fraction of sp³-hybridized carbons (Fsp3) is 0.615. The predicted molar refractivity (Wildman–Crippen MR) is 70.7 cm³/mol. The van der Waals surface area contributed by atoms with Crippen molar-refractivity contribution in [3.05, 3.63) is 18.2 Å². The molecule has 0 aliphatic heterocycles. The van der Waals surface area contributed by atoms with Crippen LogP contribution in [0, 0.1) is 5.92 Å². The molecule has 5 nitrogen and oxygen atoms in total. The zero-order chi connectivity index (χ0) is 13.4. The van der Waals surface area contributed by atoms with Gasteiger partial charge in [-0.3, -0.25) is 9.79 Å². The van der Waals surface area contributed by atoms with E-state index in [0.29, 0.717) is 19.3 Å². The van der Waals surface area contributed by atoms with E-state index in [1.807, 2.05) is 6.92 Å². The topological polar surface area (TPSA) is 78.3 Å². The molecule has 0 bridgehead atoms. The maximum Gasteiger partial charge on any atom is 0.133 e. The summed E-state index contributed by atoms with van der Waals surface area (Å²) in [6.07, 6.45) is 6.51. The Morgan fingerprint density at radius 2 is 2.44 bits per heavy atom. The number of carbonyl (C=O) groups is 1. The number of H-pyrrole nitrogens is 1. The molecule has 0 aliphatic carbocycles. The number of aliphatic hydroxyl groups excluding tert-OH is 1. The largest absolute Gasteiger partial charge is 0.387 e. The quantitative estimate of drug-likeness (QED) is 0.685. The Labute approximate surface area is 107 Å². The average molecular weight is 251 g/mol. The number of ketones is 1. The minimum Gasteiger partial charge on any atom is -0.387 e. The third-order valence-electron chi connectivity index (χ3n) is 2.83. The van der Waals surface area contributed by atoms with Crippen LogP contribution in [0.1, 0.15) is 31.9 Å². The van der Waals surface area contributed by atoms with Crippen LogP contribution in [0.2, 0.25) is 0 Å². The Morgan fingerprint density at radius 3 is 3.00 bits per heavy atom. The normalized spacial score (nSPS) is 14.8. The molecule has 2 atom stereocenters. The van der Waals surface area contributed by atoms with Gasteiger partial charge in [0.05, 0.1) is 18.1 Å². The Kier molecular flexibility index (Phi) is 6.28. The summed E-state index contributed by atoms with van der Waals surface area (Å²) in [6, 6.07) is 0. The van der Waals surface area contributed by atoms with Crippen LogP contribution < -0.4 is 0 Å². The second-order valence-corrected chi connectivity index (χ2v) is 4.42. The summed E-state index contributed by atoms with van der Waals surface area (Å²) >= 11 is 0. The number of nitrogens with one attached hydrogen (secondary N) is 1. The monoisotopic (exact) mass is 251 g/mol. The number of aromatic nitrogens is 2. The maximum atomic E-state index is 11.7. The SMILES string of the molecule is CCCC(=O)CC(Cc1c[nH]cn1)C(O)/C=N/C. The summed E-state index contributed by atoms with van der Waals surface area (Å²) in [7, 11) is 1.61. The van der Waals surface area contributed by atoms with Crippen molar-refractivity contribution in [2.45, 2.75) is 38.7 Å². The first-order valence-electron chi connectivity index (χ1n) is 6.27. The van der Waals surface area contributed by atoms with Crippen molar-refractivity contribution in [1.82, 2.24) is 9.97 Å². The highest BCUT2D eigenvalue weighted by Crippen LogP contribution is 2.16. The lowest BCUT2D eigenvalue weighted by Gasteiger charge is -2.18. The molecular formula is C13H21N3O2. The molecule has 0 saturated carbocycles. The molecule has 0 spiro atoms. The number of Topliss-reactive ketones (excluding diaryl/α,β-unsaturated/α-hetero) is 1. The summed E-state index contributed by atoms with van der Waals surface area (Å²) in [6.45, 7) is 1.98. The van der Waals surface area contributed by atoms with E-state index >= 15 is 0 Å². The van der Waals surface area contributed by atoms with Crippen molar-refractivity contribution < 1.29 is 9.90 Å². The first kappa shape index (κ1) is 14.6. The summed E-state index contributed by atoms with van der Waals surface area (Å²) in [5, 5.41) is 9.99. The molecule has 1 rings (SSSR count). The molecule has 100 valence electrons. The summed E-state index contributed by atoms with van der Waals surface area (Å²) in [4.78, 5) is 22.5. The van der Waals surface area contributed by atoms with E-state index in [4.69, 9.17) is 0 Å². The fourth-order valence-electron chi connectivity index (χ4n) is 1.93. The summed E-state index contributed by atoms with van der Waals surface area (Å²) in [5.74, 6) is 0.0256. The van der Waals surface area contributed by atoms with Crippen molar-refractivity contribution >= 4 is 12.0 Å². The Balaban J connectivity index is 2.65. The Morgan fingerprint density at radius 1 is 1.67 bits per heavy atom. The van der Waals surface area contributed by atoms with Crippen molar-refractivity contribution in [1.29, 1.82) is 0 Å². The van der Waals surface area contributed by atoms with Crippen LogP contribution in [0.4, 0.5) is 0 Å². The average Bonchev–Trinajstić information content (AvgIpc) is 2.81. The van der Waals surface area contributed by atoms with E-state index in [-0.39, 0.29) is 11.7 Å². The van der Waals surface area contributed by atoms with Crippen molar-refractivity contribution in [2.75, 3.05) is 7.05 Å². The Hall–Kier alpha value is -1.49. The molecule has 0 amide bonds. The number of hydrogen-bond donors (Lipinski definition) is 2. The van der Waals surface area contributed by atoms with Gasteiger partial charge in [-0.2, -0.15) is 0 Å². The third-order valence-corrected chi connectivity index (χ3v) is 2.83. The van der Waals surface area contributed by atoms with Gasteiger partial charge in [0.15, 0.2) is 0 Å². The van der Waals surface area contributed by atoms with Crippen LogP contribution in [0.5, 0.6) is 0 Å². The number of aliphatic hydroxyl groups is 1. The number of hydrogen-bond acceptors (Lipinski definition) is 4. The zero-order valence-corrected chi connectivity index (χ0v) is 11.0. The van der Waals surface area contributed by atoms with Crippen molar-refractivity contribution in [2.24, 2.45) is 10.9 Å². The molecular weight excluding hydrogens is 230 g/mol. The third kappa shape index (κ3) is 4.79. The van der Waals surface area contributed by atoms with Gasteiger partial charge in [0.25, 0.3) is 0 Å². The number of carbonyl (C=O) groups excluding carboxylic acids is 1. The second kappa shape index (κ2) is 7.76. The first-order valence-corrected chi connectivity index (χ1v) is 6.27. The minimum absolute atomic E-state index is 0.156. The van der Waals surface area contributed by atoms with Crippen LogP contribution in [0.15, 0.2) is 17.5 Å². The molecule has 0 radical (unpaired) electrons. The van der Waals surface area contributed by atoms with Crippen LogP contribution >= 0.6 is 0 Å². The molecule has 2 N–H and O–H groups in total. The number of aromatic amines is 1. The van der Waals surface area contributed by atoms with E-state index in [1.54, 1.807) is 19.6 Å². The molecule has 5 heteroatoms. The molecule has 0 aliphatic rings. The van der Waals surface area contributed by atoms with Gasteiger partial charge in [-0.25, -0.2) is 4.98 Å². The molecule has 0 saturated heterocycles. The highest BCUT2D eigenvalue weighted by atomic mass is 16.3. The molecule has 18 heavy (non-hydrogen) atoms. The highest BCUT2D eigenvalue weighted by molar-refractivity contribution is 5.79. The number of nitrogens with zero attached hydrogens (tertiary/aromatic N) is 2. The molecule has 1 heterocycles. The summed E-state index contributed by atoms with van der Waals surface area (Å²) in [5.41, 5.74) is 0.854. The van der Waals surface area contributed by atoms with Crippen LogP contribution in [-0.2, 0) is 11.2 Å². The molecule has 2 unspecified atom stereocenters. The van der Waals surface area contributed by atoms with Crippen LogP contribution in [-0.4, -0.2) is 40.2 Å². The van der Waals surface area contributed by atoms with Crippen LogP contribution in [0.25, 0.3) is 0 Å². The van der Waals surface area contributed by atoms with Crippen LogP contribution in [0.3, 0.4) is 0 Å². The molecule has 0 fully saturated rings. The van der Waals surface area contributed by atoms with E-state index in [1.165, 1.54) is 6.21 Å². The highest BCUT2D eigenvalue weighted by Gasteiger charge is 2.21. The van der Waals surface area contributed by atoms with Gasteiger partial charge >= 0.3 is 0 Å². The smallest absolute Gasteiger partial charge is 0.133 e. The number of aliphatic imine (C=N–C) groups is 1. The van der Waals surface area contributed by atoms with E-state index < -0.39 is 6.10 Å². The van der Waals surface area contributed by atoms with E-state index in [2.05, 4.69) is 15.0 Å². The molecule has 0 aromatic carbocycles. The van der Waals surface area contributed by atoms with Gasteiger partial charge in [0, 0.05) is 38.2 Å². The van der Waals surface area contributed by atoms with Gasteiger partial charge in [-0.1, -0.05) is 6.92 Å². The number of rotatable bonds is 8. The van der Waals surface area contributed by atoms with E-state index in [0.717, 1.165) is 12.1 Å². The lowest BCUT2D eigenvalue weighted by atomic mass is 9.91. The first-order chi connectivity index (χ1) is 8.67. The number of imidazole rings is 1. The minimum atomic E-state index is -0.701. The van der Waals surface area contributed by atoms with Gasteiger partial charge in [-0.15, -0.1) is 0 Å². The van der Waals surface area contributed by atoms with Gasteiger partial charge in [0.1, 0.15) is 5.78 Å². The summed E-state index contributed by atoms with van der Waals surface area (Å²) < 4.78 is 0.